The Bertz CT molecular complexity index is 562. The third kappa shape index (κ3) is 3.06. The number of benzene rings is 1. The Morgan fingerprint density at radius 2 is 2.26 bits per heavy atom. The summed E-state index contributed by atoms with van der Waals surface area (Å²) in [6.45, 7) is 2.09. The molecule has 0 fully saturated rings. The second-order valence-corrected chi connectivity index (χ2v) is 4.06. The fraction of sp³-hybridized carbons (Fsp3) is 0.357. The first-order valence-corrected chi connectivity index (χ1v) is 6.24. The molecule has 102 valence electrons. The van der Waals surface area contributed by atoms with Crippen molar-refractivity contribution in [3.8, 4) is 5.75 Å². The molecule has 19 heavy (non-hydrogen) atoms. The van der Waals surface area contributed by atoms with Crippen molar-refractivity contribution in [3.05, 3.63) is 30.0 Å². The predicted molar refractivity (Wildman–Crippen MR) is 71.2 cm³/mol. The van der Waals surface area contributed by atoms with Gasteiger partial charge in [0.1, 0.15) is 5.75 Å². The Kier molecular flexibility index (Phi) is 4.41. The summed E-state index contributed by atoms with van der Waals surface area (Å²) in [5.74, 6) is 0.219. The van der Waals surface area contributed by atoms with Gasteiger partial charge in [-0.15, -0.1) is 0 Å². The molecule has 0 radical (unpaired) electrons. The van der Waals surface area contributed by atoms with Gasteiger partial charge in [-0.25, -0.2) is 4.79 Å². The Morgan fingerprint density at radius 1 is 1.42 bits per heavy atom. The van der Waals surface area contributed by atoms with Crippen LogP contribution < -0.4 is 4.74 Å². The van der Waals surface area contributed by atoms with E-state index in [-0.39, 0.29) is 19.2 Å². The van der Waals surface area contributed by atoms with Crippen molar-refractivity contribution in [1.82, 2.24) is 4.98 Å². The fourth-order valence-corrected chi connectivity index (χ4v) is 1.97. The number of ether oxygens (including phenoxy) is 2. The molecule has 1 aromatic heterocycles. The maximum Gasteiger partial charge on any atom is 0.344 e. The molecule has 1 heterocycles. The van der Waals surface area contributed by atoms with Crippen LogP contribution in [0.4, 0.5) is 0 Å². The normalized spacial score (nSPS) is 10.6. The number of H-pyrrole nitrogens is 1. The minimum Gasteiger partial charge on any atom is -0.480 e. The summed E-state index contributed by atoms with van der Waals surface area (Å²) in [4.78, 5) is 14.4. The number of fused-ring (bicyclic) bond motifs is 1. The first kappa shape index (κ1) is 13.4. The number of para-hydroxylation sites is 1. The summed E-state index contributed by atoms with van der Waals surface area (Å²) in [5, 5.41) is 9.99. The molecule has 0 aliphatic rings. The highest BCUT2D eigenvalue weighted by atomic mass is 16.6. The fourth-order valence-electron chi connectivity index (χ4n) is 1.97. The number of esters is 1. The van der Waals surface area contributed by atoms with Crippen LogP contribution in [-0.2, 0) is 16.0 Å². The zero-order valence-corrected chi connectivity index (χ0v) is 10.8. The first-order chi connectivity index (χ1) is 9.26. The van der Waals surface area contributed by atoms with Crippen LogP contribution in [0.25, 0.3) is 10.9 Å². The molecule has 0 bridgehead atoms. The zero-order chi connectivity index (χ0) is 13.7. The van der Waals surface area contributed by atoms with Gasteiger partial charge in [-0.3, -0.25) is 0 Å². The van der Waals surface area contributed by atoms with Gasteiger partial charge in [0, 0.05) is 18.2 Å². The van der Waals surface area contributed by atoms with Gasteiger partial charge in [-0.05, 0) is 25.0 Å². The third-order valence-corrected chi connectivity index (χ3v) is 2.79. The highest BCUT2D eigenvalue weighted by Gasteiger charge is 2.10. The standard InChI is InChI=1S/C14H17NO4/c1-2-18-13(17)9-19-12-5-3-4-11-10(6-7-16)8-15-14(11)12/h3-5,8,15-16H,2,6-7,9H2,1H3. The molecule has 0 aliphatic heterocycles. The van der Waals surface area contributed by atoms with E-state index in [9.17, 15) is 4.79 Å². The van der Waals surface area contributed by atoms with Crippen molar-refractivity contribution in [2.24, 2.45) is 0 Å². The molecule has 0 aliphatic carbocycles. The molecule has 0 atom stereocenters. The number of hydrogen-bond acceptors (Lipinski definition) is 4. The molecule has 1 aromatic carbocycles. The molecule has 0 spiro atoms. The average molecular weight is 263 g/mol. The molecule has 5 nitrogen and oxygen atoms in total. The number of aromatic amines is 1. The van der Waals surface area contributed by atoms with Gasteiger partial charge in [0.15, 0.2) is 6.61 Å². The van der Waals surface area contributed by atoms with Crippen LogP contribution in [0.5, 0.6) is 5.75 Å². The maximum atomic E-state index is 11.3. The molecule has 5 heteroatoms. The quantitative estimate of drug-likeness (QED) is 0.777. The second kappa shape index (κ2) is 6.24. The van der Waals surface area contributed by atoms with Crippen molar-refractivity contribution in [2.45, 2.75) is 13.3 Å². The predicted octanol–water partition coefficient (Wildman–Crippen LogP) is 1.64. The number of carbonyl (C=O) groups is 1. The van der Waals surface area contributed by atoms with E-state index in [2.05, 4.69) is 4.98 Å². The lowest BCUT2D eigenvalue weighted by atomic mass is 10.1. The van der Waals surface area contributed by atoms with Crippen LogP contribution in [-0.4, -0.2) is 35.9 Å². The highest BCUT2D eigenvalue weighted by molar-refractivity contribution is 5.88. The van der Waals surface area contributed by atoms with Crippen LogP contribution in [0.15, 0.2) is 24.4 Å². The largest absolute Gasteiger partial charge is 0.480 e. The number of aromatic nitrogens is 1. The van der Waals surface area contributed by atoms with Crippen molar-refractivity contribution < 1.29 is 19.4 Å². The summed E-state index contributed by atoms with van der Waals surface area (Å²) in [6.07, 6.45) is 2.43. The lowest BCUT2D eigenvalue weighted by molar-refractivity contribution is -0.145. The lowest BCUT2D eigenvalue weighted by Gasteiger charge is -2.07. The number of hydrogen-bond donors (Lipinski definition) is 2. The van der Waals surface area contributed by atoms with Crippen LogP contribution in [0.2, 0.25) is 0 Å². The lowest BCUT2D eigenvalue weighted by Crippen LogP contribution is -2.14. The first-order valence-electron chi connectivity index (χ1n) is 6.24. The molecule has 0 saturated carbocycles. The van der Waals surface area contributed by atoms with E-state index in [1.165, 1.54) is 0 Å². The number of carbonyl (C=O) groups excluding carboxylic acids is 1. The minimum atomic E-state index is -0.387. The van der Waals surface area contributed by atoms with E-state index in [0.29, 0.717) is 18.8 Å². The maximum absolute atomic E-state index is 11.3. The van der Waals surface area contributed by atoms with Crippen LogP contribution in [0.3, 0.4) is 0 Å². The summed E-state index contributed by atoms with van der Waals surface area (Å²) in [5.41, 5.74) is 1.86. The molecular weight excluding hydrogens is 246 g/mol. The van der Waals surface area contributed by atoms with Gasteiger partial charge in [-0.1, -0.05) is 12.1 Å². The van der Waals surface area contributed by atoms with Crippen LogP contribution >= 0.6 is 0 Å². The molecule has 0 unspecified atom stereocenters. The van der Waals surface area contributed by atoms with E-state index in [1.807, 2.05) is 18.3 Å². The van der Waals surface area contributed by atoms with Gasteiger partial charge in [0.25, 0.3) is 0 Å². The van der Waals surface area contributed by atoms with E-state index in [4.69, 9.17) is 14.6 Å². The highest BCUT2D eigenvalue weighted by Crippen LogP contribution is 2.27. The number of rotatable bonds is 6. The van der Waals surface area contributed by atoms with E-state index in [1.54, 1.807) is 13.0 Å². The Labute approximate surface area is 111 Å². The van der Waals surface area contributed by atoms with Crippen molar-refractivity contribution in [2.75, 3.05) is 19.8 Å². The Balaban J connectivity index is 2.17. The molecule has 0 amide bonds. The van der Waals surface area contributed by atoms with Gasteiger partial charge in [0.2, 0.25) is 0 Å². The summed E-state index contributed by atoms with van der Waals surface area (Å²) >= 11 is 0. The zero-order valence-electron chi connectivity index (χ0n) is 10.8. The Morgan fingerprint density at radius 3 is 3.00 bits per heavy atom. The monoisotopic (exact) mass is 263 g/mol. The number of nitrogens with one attached hydrogen (secondary N) is 1. The average Bonchev–Trinajstić information content (AvgIpc) is 2.81. The van der Waals surface area contributed by atoms with Gasteiger partial charge in [-0.2, -0.15) is 0 Å². The van der Waals surface area contributed by atoms with E-state index < -0.39 is 0 Å². The van der Waals surface area contributed by atoms with Crippen molar-refractivity contribution in [3.63, 3.8) is 0 Å². The number of aliphatic hydroxyl groups excluding tert-OH is 1. The van der Waals surface area contributed by atoms with Gasteiger partial charge >= 0.3 is 5.97 Å². The second-order valence-electron chi connectivity index (χ2n) is 4.06. The summed E-state index contributed by atoms with van der Waals surface area (Å²) in [6, 6.07) is 5.60. The molecular formula is C14H17NO4. The topological polar surface area (TPSA) is 71.6 Å². The molecule has 2 N–H and O–H groups in total. The summed E-state index contributed by atoms with van der Waals surface area (Å²) < 4.78 is 10.3. The molecule has 2 rings (SSSR count). The molecule has 2 aromatic rings. The van der Waals surface area contributed by atoms with E-state index in [0.717, 1.165) is 16.5 Å². The summed E-state index contributed by atoms with van der Waals surface area (Å²) in [7, 11) is 0. The van der Waals surface area contributed by atoms with Crippen LogP contribution in [0.1, 0.15) is 12.5 Å². The SMILES string of the molecule is CCOC(=O)COc1cccc2c(CCO)c[nH]c12. The van der Waals surface area contributed by atoms with E-state index >= 15 is 0 Å². The minimum absolute atomic E-state index is 0.0981. The van der Waals surface area contributed by atoms with Crippen molar-refractivity contribution >= 4 is 16.9 Å². The molecule has 0 saturated heterocycles. The van der Waals surface area contributed by atoms with Crippen LogP contribution in [0, 0.1) is 0 Å². The van der Waals surface area contributed by atoms with Crippen molar-refractivity contribution in [1.29, 1.82) is 0 Å². The third-order valence-electron chi connectivity index (χ3n) is 2.79. The van der Waals surface area contributed by atoms with Gasteiger partial charge < -0.3 is 19.6 Å². The smallest absolute Gasteiger partial charge is 0.344 e. The Hall–Kier alpha value is -2.01. The van der Waals surface area contributed by atoms with Gasteiger partial charge in [0.05, 0.1) is 12.1 Å². The number of aliphatic hydroxyl groups is 1.